The summed E-state index contributed by atoms with van der Waals surface area (Å²) >= 11 is 1.65. The predicted molar refractivity (Wildman–Crippen MR) is 82.2 cm³/mol. The van der Waals surface area contributed by atoms with Crippen LogP contribution < -0.4 is 11.1 Å². The summed E-state index contributed by atoms with van der Waals surface area (Å²) < 4.78 is 1.96. The third kappa shape index (κ3) is 2.37. The zero-order valence-electron chi connectivity index (χ0n) is 11.1. The van der Waals surface area contributed by atoms with E-state index in [4.69, 9.17) is 5.73 Å². The smallest absolute Gasteiger partial charge is 0.161 e. The second-order valence-electron chi connectivity index (χ2n) is 4.37. The Balaban J connectivity index is 1.87. The standard InChI is InChI=1S/C14H15N5S/c1-10-16-6-7-19(10)14-12(3-2-5-17-14)18-9-13-11(15)4-8-20-13/h2-8,18H,9,15H2,1H3. The van der Waals surface area contributed by atoms with Gasteiger partial charge in [0, 0.05) is 29.2 Å². The summed E-state index contributed by atoms with van der Waals surface area (Å²) in [6.45, 7) is 2.64. The fourth-order valence-corrected chi connectivity index (χ4v) is 2.74. The molecule has 0 atom stereocenters. The van der Waals surface area contributed by atoms with Crippen molar-refractivity contribution in [2.24, 2.45) is 0 Å². The van der Waals surface area contributed by atoms with Crippen LogP contribution in [0.1, 0.15) is 10.7 Å². The van der Waals surface area contributed by atoms with Gasteiger partial charge in [0.1, 0.15) is 5.82 Å². The maximum atomic E-state index is 5.90. The summed E-state index contributed by atoms with van der Waals surface area (Å²) in [5.41, 5.74) is 7.69. The highest BCUT2D eigenvalue weighted by Gasteiger charge is 2.08. The van der Waals surface area contributed by atoms with Crippen LogP contribution in [-0.2, 0) is 6.54 Å². The molecule has 0 unspecified atom stereocenters. The highest BCUT2D eigenvalue weighted by Crippen LogP contribution is 2.23. The molecule has 102 valence electrons. The molecule has 0 amide bonds. The molecule has 0 radical (unpaired) electrons. The Morgan fingerprint density at radius 2 is 2.20 bits per heavy atom. The number of thiophene rings is 1. The van der Waals surface area contributed by atoms with E-state index in [0.717, 1.165) is 27.9 Å². The van der Waals surface area contributed by atoms with Crippen molar-refractivity contribution in [3.63, 3.8) is 0 Å². The lowest BCUT2D eigenvalue weighted by atomic mass is 10.3. The maximum absolute atomic E-state index is 5.90. The summed E-state index contributed by atoms with van der Waals surface area (Å²) in [5, 5.41) is 5.39. The van der Waals surface area contributed by atoms with Gasteiger partial charge in [0.25, 0.3) is 0 Å². The molecule has 0 aromatic carbocycles. The number of nitrogens with one attached hydrogen (secondary N) is 1. The molecule has 0 bridgehead atoms. The SMILES string of the molecule is Cc1nccn1-c1ncccc1NCc1sccc1N. The van der Waals surface area contributed by atoms with Crippen LogP contribution in [0, 0.1) is 6.92 Å². The molecule has 0 fully saturated rings. The Bertz CT molecular complexity index is 716. The van der Waals surface area contributed by atoms with Crippen LogP contribution in [0.5, 0.6) is 0 Å². The number of hydrogen-bond acceptors (Lipinski definition) is 5. The third-order valence-corrected chi connectivity index (χ3v) is 4.00. The predicted octanol–water partition coefficient (Wildman–Crippen LogP) is 2.83. The van der Waals surface area contributed by atoms with Crippen LogP contribution in [0.15, 0.2) is 42.2 Å². The van der Waals surface area contributed by atoms with Crippen molar-refractivity contribution < 1.29 is 0 Å². The summed E-state index contributed by atoms with van der Waals surface area (Å²) in [6, 6.07) is 5.84. The number of nitrogen functional groups attached to an aromatic ring is 1. The third-order valence-electron chi connectivity index (χ3n) is 3.06. The summed E-state index contributed by atoms with van der Waals surface area (Å²) in [5.74, 6) is 1.75. The highest BCUT2D eigenvalue weighted by molar-refractivity contribution is 7.10. The summed E-state index contributed by atoms with van der Waals surface area (Å²) in [7, 11) is 0. The highest BCUT2D eigenvalue weighted by atomic mass is 32.1. The number of nitrogens with two attached hydrogens (primary N) is 1. The van der Waals surface area contributed by atoms with E-state index in [1.54, 1.807) is 23.7 Å². The Morgan fingerprint density at radius 1 is 1.30 bits per heavy atom. The van der Waals surface area contributed by atoms with Crippen LogP contribution in [0.25, 0.3) is 5.82 Å². The number of nitrogens with zero attached hydrogens (tertiary/aromatic N) is 3. The number of imidazole rings is 1. The van der Waals surface area contributed by atoms with E-state index in [1.807, 2.05) is 41.3 Å². The first-order valence-electron chi connectivity index (χ1n) is 6.27. The molecule has 5 nitrogen and oxygen atoms in total. The van der Waals surface area contributed by atoms with Gasteiger partial charge in [-0.1, -0.05) is 0 Å². The monoisotopic (exact) mass is 285 g/mol. The molecule has 3 aromatic rings. The molecule has 20 heavy (non-hydrogen) atoms. The zero-order valence-corrected chi connectivity index (χ0v) is 11.9. The number of anilines is 2. The molecule has 0 spiro atoms. The van der Waals surface area contributed by atoms with E-state index in [-0.39, 0.29) is 0 Å². The molecule has 0 aliphatic carbocycles. The lowest BCUT2D eigenvalue weighted by Crippen LogP contribution is -2.07. The lowest BCUT2D eigenvalue weighted by Gasteiger charge is -2.12. The number of pyridine rings is 1. The van der Waals surface area contributed by atoms with E-state index in [1.165, 1.54) is 0 Å². The molecule has 6 heteroatoms. The molecular formula is C14H15N5S. The molecular weight excluding hydrogens is 270 g/mol. The molecule has 0 aliphatic rings. The average Bonchev–Trinajstić information content (AvgIpc) is 3.06. The Morgan fingerprint density at radius 3 is 2.90 bits per heavy atom. The van der Waals surface area contributed by atoms with Crippen LogP contribution in [-0.4, -0.2) is 14.5 Å². The van der Waals surface area contributed by atoms with E-state index >= 15 is 0 Å². The largest absolute Gasteiger partial charge is 0.398 e. The van der Waals surface area contributed by atoms with E-state index in [0.29, 0.717) is 6.54 Å². The van der Waals surface area contributed by atoms with Gasteiger partial charge in [-0.25, -0.2) is 9.97 Å². The Kier molecular flexibility index (Phi) is 3.39. The first-order valence-corrected chi connectivity index (χ1v) is 7.14. The minimum Gasteiger partial charge on any atom is -0.398 e. The second-order valence-corrected chi connectivity index (χ2v) is 5.37. The fraction of sp³-hybridized carbons (Fsp3) is 0.143. The maximum Gasteiger partial charge on any atom is 0.161 e. The molecule has 3 N–H and O–H groups in total. The lowest BCUT2D eigenvalue weighted by molar-refractivity contribution is 0.930. The number of hydrogen-bond donors (Lipinski definition) is 2. The Hall–Kier alpha value is -2.34. The number of aryl methyl sites for hydroxylation is 1. The van der Waals surface area contributed by atoms with Gasteiger partial charge in [-0.2, -0.15) is 0 Å². The first kappa shape index (κ1) is 12.7. The zero-order chi connectivity index (χ0) is 13.9. The normalized spacial score (nSPS) is 10.7. The van der Waals surface area contributed by atoms with Crippen molar-refractivity contribution in [2.45, 2.75) is 13.5 Å². The number of rotatable bonds is 4. The van der Waals surface area contributed by atoms with Crippen molar-refractivity contribution in [1.82, 2.24) is 14.5 Å². The fourth-order valence-electron chi connectivity index (χ4n) is 2.00. The van der Waals surface area contributed by atoms with Gasteiger partial charge < -0.3 is 11.1 Å². The second kappa shape index (κ2) is 5.34. The molecule has 0 saturated heterocycles. The van der Waals surface area contributed by atoms with Gasteiger partial charge in [-0.15, -0.1) is 11.3 Å². The van der Waals surface area contributed by atoms with Gasteiger partial charge in [0.15, 0.2) is 5.82 Å². The minimum atomic E-state index is 0.690. The van der Waals surface area contributed by atoms with Crippen molar-refractivity contribution in [1.29, 1.82) is 0 Å². The molecule has 3 aromatic heterocycles. The quantitative estimate of drug-likeness (QED) is 0.773. The van der Waals surface area contributed by atoms with Crippen LogP contribution in [0.2, 0.25) is 0 Å². The van der Waals surface area contributed by atoms with Gasteiger partial charge in [0.2, 0.25) is 0 Å². The van der Waals surface area contributed by atoms with E-state index in [9.17, 15) is 0 Å². The van der Waals surface area contributed by atoms with E-state index in [2.05, 4.69) is 15.3 Å². The average molecular weight is 285 g/mol. The van der Waals surface area contributed by atoms with Crippen molar-refractivity contribution in [3.8, 4) is 5.82 Å². The van der Waals surface area contributed by atoms with Crippen LogP contribution >= 0.6 is 11.3 Å². The van der Waals surface area contributed by atoms with Gasteiger partial charge in [-0.3, -0.25) is 4.57 Å². The molecule has 3 rings (SSSR count). The molecule has 3 heterocycles. The van der Waals surface area contributed by atoms with E-state index < -0.39 is 0 Å². The summed E-state index contributed by atoms with van der Waals surface area (Å²) in [4.78, 5) is 9.80. The van der Waals surface area contributed by atoms with Gasteiger partial charge in [-0.05, 0) is 30.5 Å². The van der Waals surface area contributed by atoms with Gasteiger partial charge in [0.05, 0.1) is 12.2 Å². The topological polar surface area (TPSA) is 68.8 Å². The van der Waals surface area contributed by atoms with Crippen LogP contribution in [0.4, 0.5) is 11.4 Å². The van der Waals surface area contributed by atoms with Crippen molar-refractivity contribution >= 4 is 22.7 Å². The Labute approximate surface area is 121 Å². The van der Waals surface area contributed by atoms with Gasteiger partial charge >= 0.3 is 0 Å². The molecule has 0 saturated carbocycles. The van der Waals surface area contributed by atoms with Crippen molar-refractivity contribution in [3.05, 3.63) is 52.9 Å². The summed E-state index contributed by atoms with van der Waals surface area (Å²) in [6.07, 6.45) is 5.45. The first-order chi connectivity index (χ1) is 9.75. The van der Waals surface area contributed by atoms with Crippen molar-refractivity contribution in [2.75, 3.05) is 11.1 Å². The minimum absolute atomic E-state index is 0.690. The molecule has 0 aliphatic heterocycles. The number of aromatic nitrogens is 3. The van der Waals surface area contributed by atoms with Crippen LogP contribution in [0.3, 0.4) is 0 Å².